The van der Waals surface area contributed by atoms with E-state index in [0.717, 1.165) is 0 Å². The summed E-state index contributed by atoms with van der Waals surface area (Å²) < 4.78 is 0.670. The van der Waals surface area contributed by atoms with Gasteiger partial charge in [-0.05, 0) is 46.3 Å². The molecule has 1 amide bonds. The van der Waals surface area contributed by atoms with Gasteiger partial charge in [0.2, 0.25) is 0 Å². The van der Waals surface area contributed by atoms with E-state index >= 15 is 0 Å². The summed E-state index contributed by atoms with van der Waals surface area (Å²) in [4.78, 5) is 22.3. The molecule has 2 aromatic rings. The molecule has 116 valence electrons. The van der Waals surface area contributed by atoms with Crippen LogP contribution < -0.4 is 5.43 Å². The second-order valence-corrected chi connectivity index (χ2v) is 5.23. The lowest BCUT2D eigenvalue weighted by molar-refractivity contribution is -0.385. The normalized spacial score (nSPS) is 11.0. The zero-order chi connectivity index (χ0) is 16.7. The lowest BCUT2D eigenvalue weighted by atomic mass is 10.2. The topological polar surface area (TPSA) is 84.6 Å². The smallest absolute Gasteiger partial charge is 0.267 e. The molecule has 6 nitrogen and oxygen atoms in total. The summed E-state index contributed by atoms with van der Waals surface area (Å²) in [5.41, 5.74) is 3.31. The molecular formula is C16H12BrN3O3. The monoisotopic (exact) mass is 373 g/mol. The second-order valence-electron chi connectivity index (χ2n) is 4.37. The van der Waals surface area contributed by atoms with Crippen molar-refractivity contribution in [1.29, 1.82) is 0 Å². The first-order chi connectivity index (χ1) is 11.1. The van der Waals surface area contributed by atoms with Gasteiger partial charge in [0.25, 0.3) is 11.6 Å². The number of halogens is 1. The minimum atomic E-state index is -0.453. The van der Waals surface area contributed by atoms with Crippen molar-refractivity contribution >= 4 is 39.8 Å². The Kier molecular flexibility index (Phi) is 5.76. The number of hydrazone groups is 1. The van der Waals surface area contributed by atoms with Crippen molar-refractivity contribution in [2.24, 2.45) is 5.10 Å². The highest BCUT2D eigenvalue weighted by atomic mass is 79.9. The Morgan fingerprint density at radius 1 is 1.17 bits per heavy atom. The highest BCUT2D eigenvalue weighted by Gasteiger charge is 2.09. The summed E-state index contributed by atoms with van der Waals surface area (Å²) in [6.45, 7) is 0. The van der Waals surface area contributed by atoms with E-state index in [-0.39, 0.29) is 11.6 Å². The largest absolute Gasteiger partial charge is 0.276 e. The minimum Gasteiger partial charge on any atom is -0.267 e. The number of para-hydroxylation sites is 1. The standard InChI is InChI=1S/C16H12BrN3O3/c17-14-9-3-2-8-13(14)16(21)19-18-11-5-7-12-6-1-4-10-15(12)20(22)23/h1-11H,(H,19,21)/b7-5+,18-11-. The van der Waals surface area contributed by atoms with E-state index in [1.165, 1.54) is 18.4 Å². The van der Waals surface area contributed by atoms with Crippen LogP contribution in [0.15, 0.2) is 64.2 Å². The Bertz CT molecular complexity index is 788. The molecule has 0 aliphatic carbocycles. The number of amides is 1. The van der Waals surface area contributed by atoms with Crippen LogP contribution in [-0.4, -0.2) is 17.0 Å². The molecule has 2 aromatic carbocycles. The SMILES string of the molecule is O=C(N/N=C\C=C\c1ccccc1[N+](=O)[O-])c1ccccc1Br. The van der Waals surface area contributed by atoms with Gasteiger partial charge in [0, 0.05) is 16.8 Å². The average molecular weight is 374 g/mol. The van der Waals surface area contributed by atoms with Crippen molar-refractivity contribution in [3.8, 4) is 0 Å². The first-order valence-electron chi connectivity index (χ1n) is 6.57. The van der Waals surface area contributed by atoms with Gasteiger partial charge >= 0.3 is 0 Å². The molecule has 0 saturated carbocycles. The van der Waals surface area contributed by atoms with Gasteiger partial charge in [-0.25, -0.2) is 5.43 Å². The summed E-state index contributed by atoms with van der Waals surface area (Å²) in [6.07, 6.45) is 4.42. The first kappa shape index (κ1) is 16.6. The summed E-state index contributed by atoms with van der Waals surface area (Å²) in [6, 6.07) is 13.3. The number of hydrogen-bond acceptors (Lipinski definition) is 4. The molecular weight excluding hydrogens is 362 g/mol. The predicted octanol–water partition coefficient (Wildman–Crippen LogP) is 3.79. The molecule has 0 bridgehead atoms. The van der Waals surface area contributed by atoms with Gasteiger partial charge in [-0.2, -0.15) is 5.10 Å². The zero-order valence-electron chi connectivity index (χ0n) is 11.8. The van der Waals surface area contributed by atoms with Crippen molar-refractivity contribution in [2.75, 3.05) is 0 Å². The van der Waals surface area contributed by atoms with Gasteiger partial charge in [0.05, 0.1) is 16.1 Å². The van der Waals surface area contributed by atoms with Crippen molar-refractivity contribution < 1.29 is 9.72 Å². The van der Waals surface area contributed by atoms with E-state index in [2.05, 4.69) is 26.5 Å². The van der Waals surface area contributed by atoms with Crippen LogP contribution in [0.1, 0.15) is 15.9 Å². The number of carbonyl (C=O) groups is 1. The Balaban J connectivity index is 1.99. The zero-order valence-corrected chi connectivity index (χ0v) is 13.4. The van der Waals surface area contributed by atoms with Crippen molar-refractivity contribution in [1.82, 2.24) is 5.43 Å². The number of benzene rings is 2. The number of allylic oxidation sites excluding steroid dienone is 1. The number of nitro benzene ring substituents is 1. The molecule has 0 heterocycles. The van der Waals surface area contributed by atoms with Crippen LogP contribution in [0.4, 0.5) is 5.69 Å². The van der Waals surface area contributed by atoms with Crippen LogP contribution in [0.2, 0.25) is 0 Å². The van der Waals surface area contributed by atoms with Crippen LogP contribution >= 0.6 is 15.9 Å². The van der Waals surface area contributed by atoms with E-state index in [9.17, 15) is 14.9 Å². The second kappa shape index (κ2) is 8.00. The van der Waals surface area contributed by atoms with E-state index in [1.54, 1.807) is 48.5 Å². The van der Waals surface area contributed by atoms with Crippen LogP contribution in [0.5, 0.6) is 0 Å². The third-order valence-corrected chi connectivity index (χ3v) is 3.55. The van der Waals surface area contributed by atoms with Gasteiger partial charge in [-0.3, -0.25) is 14.9 Å². The van der Waals surface area contributed by atoms with E-state index in [0.29, 0.717) is 15.6 Å². The Hall–Kier alpha value is -2.80. The number of carbonyl (C=O) groups excluding carboxylic acids is 1. The van der Waals surface area contributed by atoms with Crippen LogP contribution in [0, 0.1) is 10.1 Å². The number of hydrogen-bond donors (Lipinski definition) is 1. The van der Waals surface area contributed by atoms with Crippen molar-refractivity contribution in [2.45, 2.75) is 0 Å². The molecule has 1 N–H and O–H groups in total. The predicted molar refractivity (Wildman–Crippen MR) is 92.2 cm³/mol. The molecule has 0 radical (unpaired) electrons. The van der Waals surface area contributed by atoms with Crippen LogP contribution in [0.3, 0.4) is 0 Å². The van der Waals surface area contributed by atoms with E-state index in [4.69, 9.17) is 0 Å². The Labute approximate surface area is 140 Å². The minimum absolute atomic E-state index is 0.00871. The molecule has 23 heavy (non-hydrogen) atoms. The fourth-order valence-corrected chi connectivity index (χ4v) is 2.25. The molecule has 2 rings (SSSR count). The fraction of sp³-hybridized carbons (Fsp3) is 0. The molecule has 0 atom stereocenters. The fourth-order valence-electron chi connectivity index (χ4n) is 1.79. The lowest BCUT2D eigenvalue weighted by Crippen LogP contribution is -2.17. The molecule has 0 aliphatic rings. The Morgan fingerprint density at radius 3 is 2.61 bits per heavy atom. The summed E-state index contributed by atoms with van der Waals surface area (Å²) in [5.74, 6) is -0.354. The van der Waals surface area contributed by atoms with Crippen molar-refractivity contribution in [3.05, 3.63) is 80.3 Å². The maximum atomic E-state index is 11.9. The summed E-state index contributed by atoms with van der Waals surface area (Å²) >= 11 is 3.28. The van der Waals surface area contributed by atoms with Crippen LogP contribution in [0.25, 0.3) is 6.08 Å². The number of nitrogens with zero attached hydrogens (tertiary/aromatic N) is 2. The van der Waals surface area contributed by atoms with E-state index < -0.39 is 4.92 Å². The molecule has 0 spiro atoms. The van der Waals surface area contributed by atoms with Gasteiger partial charge in [0.15, 0.2) is 0 Å². The van der Waals surface area contributed by atoms with E-state index in [1.807, 2.05) is 0 Å². The number of nitrogens with one attached hydrogen (secondary N) is 1. The number of rotatable bonds is 5. The highest BCUT2D eigenvalue weighted by molar-refractivity contribution is 9.10. The molecule has 0 fully saturated rings. The third kappa shape index (κ3) is 4.58. The molecule has 0 aromatic heterocycles. The number of nitro groups is 1. The first-order valence-corrected chi connectivity index (χ1v) is 7.37. The van der Waals surface area contributed by atoms with Crippen molar-refractivity contribution in [3.63, 3.8) is 0 Å². The maximum absolute atomic E-state index is 11.9. The lowest BCUT2D eigenvalue weighted by Gasteiger charge is -2.01. The quantitative estimate of drug-likeness (QED) is 0.491. The highest BCUT2D eigenvalue weighted by Crippen LogP contribution is 2.18. The van der Waals surface area contributed by atoms with Gasteiger partial charge in [-0.1, -0.05) is 24.3 Å². The molecule has 0 aliphatic heterocycles. The summed E-state index contributed by atoms with van der Waals surface area (Å²) in [5, 5.41) is 14.6. The van der Waals surface area contributed by atoms with Gasteiger partial charge in [-0.15, -0.1) is 0 Å². The Morgan fingerprint density at radius 2 is 1.87 bits per heavy atom. The molecule has 0 saturated heterocycles. The maximum Gasteiger partial charge on any atom is 0.276 e. The van der Waals surface area contributed by atoms with Crippen LogP contribution in [-0.2, 0) is 0 Å². The van der Waals surface area contributed by atoms with Gasteiger partial charge < -0.3 is 0 Å². The third-order valence-electron chi connectivity index (χ3n) is 2.85. The summed E-state index contributed by atoms with van der Waals surface area (Å²) in [7, 11) is 0. The molecule has 0 unspecified atom stereocenters. The molecule has 7 heteroatoms. The average Bonchev–Trinajstić information content (AvgIpc) is 2.55. The van der Waals surface area contributed by atoms with Gasteiger partial charge in [0.1, 0.15) is 0 Å².